The third-order valence-corrected chi connectivity index (χ3v) is 6.35. The second-order valence-electron chi connectivity index (χ2n) is 8.57. The minimum absolute atomic E-state index is 0.115. The zero-order valence-corrected chi connectivity index (χ0v) is 22.9. The predicted molar refractivity (Wildman–Crippen MR) is 155 cm³/mol. The van der Waals surface area contributed by atoms with E-state index in [-0.39, 0.29) is 5.78 Å². The smallest absolute Gasteiger partial charge is 0.203 e. The standard InChI is InChI=1S/C31H32N2O6/c1-33-19-23(22-9-7-8-10-24(22)33)25(34)15-16-32-29-21(13-14-26(35-2)31(29)39-6)12-11-20-17-27(36-3)30(38-5)28(18-20)37-4/h7-19,32H,1-6H3. The molecule has 4 rings (SSSR count). The molecule has 39 heavy (non-hydrogen) atoms. The first kappa shape index (κ1) is 27.2. The number of benzene rings is 3. The monoisotopic (exact) mass is 528 g/mol. The summed E-state index contributed by atoms with van der Waals surface area (Å²) in [4.78, 5) is 13.1. The summed E-state index contributed by atoms with van der Waals surface area (Å²) in [5, 5.41) is 4.13. The molecule has 0 saturated carbocycles. The minimum atomic E-state index is -0.115. The van der Waals surface area contributed by atoms with E-state index in [9.17, 15) is 4.79 Å². The van der Waals surface area contributed by atoms with Gasteiger partial charge in [-0.1, -0.05) is 30.4 Å². The zero-order valence-electron chi connectivity index (χ0n) is 22.9. The van der Waals surface area contributed by atoms with Crippen molar-refractivity contribution in [1.29, 1.82) is 0 Å². The molecule has 0 fully saturated rings. The molecule has 0 amide bonds. The Bertz CT molecular complexity index is 1530. The van der Waals surface area contributed by atoms with Gasteiger partial charge in [-0.05, 0) is 35.9 Å². The van der Waals surface area contributed by atoms with Gasteiger partial charge in [-0.3, -0.25) is 4.79 Å². The van der Waals surface area contributed by atoms with Crippen LogP contribution >= 0.6 is 0 Å². The Hall–Kier alpha value is -4.85. The Labute approximate surface area is 228 Å². The Kier molecular flexibility index (Phi) is 8.46. The maximum atomic E-state index is 13.1. The molecule has 0 atom stereocenters. The molecule has 1 aromatic heterocycles. The fourth-order valence-electron chi connectivity index (χ4n) is 4.44. The summed E-state index contributed by atoms with van der Waals surface area (Å²) in [6, 6.07) is 15.2. The third-order valence-electron chi connectivity index (χ3n) is 6.35. The normalized spacial score (nSPS) is 11.2. The first-order valence-corrected chi connectivity index (χ1v) is 12.2. The first-order chi connectivity index (χ1) is 18.9. The number of nitrogens with one attached hydrogen (secondary N) is 1. The molecule has 202 valence electrons. The highest BCUT2D eigenvalue weighted by Crippen LogP contribution is 2.41. The van der Waals surface area contributed by atoms with Gasteiger partial charge in [0.25, 0.3) is 0 Å². The molecule has 4 aromatic rings. The summed E-state index contributed by atoms with van der Waals surface area (Å²) >= 11 is 0. The largest absolute Gasteiger partial charge is 0.493 e. The SMILES string of the molecule is COc1cc(C=Cc2ccc(OC)c(OC)c2NC=CC(=O)c2cn(C)c3ccccc23)cc(OC)c1OC. The van der Waals surface area contributed by atoms with E-state index in [2.05, 4.69) is 5.32 Å². The van der Waals surface area contributed by atoms with Crippen molar-refractivity contribution in [2.45, 2.75) is 0 Å². The van der Waals surface area contributed by atoms with E-state index in [1.54, 1.807) is 41.7 Å². The molecule has 0 unspecified atom stereocenters. The summed E-state index contributed by atoms with van der Waals surface area (Å²) < 4.78 is 29.5. The van der Waals surface area contributed by atoms with Crippen LogP contribution in [0.2, 0.25) is 0 Å². The van der Waals surface area contributed by atoms with Gasteiger partial charge in [-0.2, -0.15) is 0 Å². The Morgan fingerprint density at radius 2 is 1.46 bits per heavy atom. The molecule has 0 spiro atoms. The second-order valence-corrected chi connectivity index (χ2v) is 8.57. The number of rotatable bonds is 11. The summed E-state index contributed by atoms with van der Waals surface area (Å²) in [5.74, 6) is 2.57. The van der Waals surface area contributed by atoms with Crippen LogP contribution in [0.4, 0.5) is 5.69 Å². The molecule has 8 nitrogen and oxygen atoms in total. The van der Waals surface area contributed by atoms with Gasteiger partial charge in [-0.25, -0.2) is 0 Å². The fourth-order valence-corrected chi connectivity index (χ4v) is 4.44. The number of aromatic nitrogens is 1. The van der Waals surface area contributed by atoms with Crippen LogP contribution in [0, 0.1) is 0 Å². The third kappa shape index (κ3) is 5.55. The lowest BCUT2D eigenvalue weighted by molar-refractivity contribution is 0.104. The van der Waals surface area contributed by atoms with Gasteiger partial charge in [-0.15, -0.1) is 0 Å². The molecule has 1 N–H and O–H groups in total. The van der Waals surface area contributed by atoms with Crippen molar-refractivity contribution in [2.24, 2.45) is 7.05 Å². The van der Waals surface area contributed by atoms with Crippen molar-refractivity contribution in [3.8, 4) is 28.7 Å². The molecule has 0 radical (unpaired) electrons. The topological polar surface area (TPSA) is 80.2 Å². The highest BCUT2D eigenvalue weighted by atomic mass is 16.5. The summed E-state index contributed by atoms with van der Waals surface area (Å²) in [6.45, 7) is 0. The highest BCUT2D eigenvalue weighted by Gasteiger charge is 2.15. The maximum absolute atomic E-state index is 13.1. The summed E-state index contributed by atoms with van der Waals surface area (Å²) in [6.07, 6.45) is 8.80. The molecular formula is C31H32N2O6. The number of para-hydroxylation sites is 1. The van der Waals surface area contributed by atoms with Gasteiger partial charge in [0.05, 0.1) is 41.2 Å². The number of carbonyl (C=O) groups is 1. The number of allylic oxidation sites excluding steroid dienone is 1. The van der Waals surface area contributed by atoms with Crippen LogP contribution in [0.5, 0.6) is 28.7 Å². The van der Waals surface area contributed by atoms with Gasteiger partial charge < -0.3 is 33.6 Å². The molecule has 0 aliphatic heterocycles. The Morgan fingerprint density at radius 3 is 2.10 bits per heavy atom. The highest BCUT2D eigenvalue weighted by molar-refractivity contribution is 6.13. The van der Waals surface area contributed by atoms with Crippen LogP contribution in [0.1, 0.15) is 21.5 Å². The lowest BCUT2D eigenvalue weighted by atomic mass is 10.1. The lowest BCUT2D eigenvalue weighted by Crippen LogP contribution is -2.00. The lowest BCUT2D eigenvalue weighted by Gasteiger charge is -2.15. The van der Waals surface area contributed by atoms with E-state index in [1.807, 2.05) is 78.5 Å². The van der Waals surface area contributed by atoms with E-state index in [4.69, 9.17) is 23.7 Å². The van der Waals surface area contributed by atoms with E-state index >= 15 is 0 Å². The molecule has 0 bridgehead atoms. The first-order valence-electron chi connectivity index (χ1n) is 12.2. The summed E-state index contributed by atoms with van der Waals surface area (Å²) in [5.41, 5.74) is 3.92. The number of aryl methyl sites for hydroxylation is 1. The summed E-state index contributed by atoms with van der Waals surface area (Å²) in [7, 11) is 9.79. The number of fused-ring (bicyclic) bond motifs is 1. The molecule has 1 heterocycles. The number of ether oxygens (including phenoxy) is 5. The zero-order chi connectivity index (χ0) is 27.9. The van der Waals surface area contributed by atoms with Crippen molar-refractivity contribution >= 4 is 34.5 Å². The number of hydrogen-bond donors (Lipinski definition) is 1. The van der Waals surface area contributed by atoms with Crippen LogP contribution in [0.15, 0.2) is 67.0 Å². The average Bonchev–Trinajstić information content (AvgIpc) is 3.31. The van der Waals surface area contributed by atoms with E-state index in [0.29, 0.717) is 40.0 Å². The van der Waals surface area contributed by atoms with Gasteiger partial charge in [0.2, 0.25) is 5.75 Å². The van der Waals surface area contributed by atoms with Crippen molar-refractivity contribution in [1.82, 2.24) is 4.57 Å². The quantitative estimate of drug-likeness (QED) is 0.141. The number of methoxy groups -OCH3 is 5. The maximum Gasteiger partial charge on any atom is 0.203 e. The predicted octanol–water partition coefficient (Wildman–Crippen LogP) is 6.20. The molecule has 0 saturated heterocycles. The Morgan fingerprint density at radius 1 is 0.795 bits per heavy atom. The molecule has 8 heteroatoms. The van der Waals surface area contributed by atoms with Crippen molar-refractivity contribution in [3.05, 3.63) is 83.7 Å². The van der Waals surface area contributed by atoms with Crippen molar-refractivity contribution in [2.75, 3.05) is 40.9 Å². The van der Waals surface area contributed by atoms with Crippen LogP contribution in [-0.2, 0) is 7.05 Å². The number of carbonyl (C=O) groups excluding carboxylic acids is 1. The van der Waals surface area contributed by atoms with Gasteiger partial charge in [0, 0.05) is 47.6 Å². The number of nitrogens with zero attached hydrogens (tertiary/aromatic N) is 1. The number of anilines is 1. The second kappa shape index (κ2) is 12.1. The number of ketones is 1. The average molecular weight is 529 g/mol. The van der Waals surface area contributed by atoms with Crippen LogP contribution < -0.4 is 29.0 Å². The molecular weight excluding hydrogens is 496 g/mol. The van der Waals surface area contributed by atoms with Crippen molar-refractivity contribution in [3.63, 3.8) is 0 Å². The van der Waals surface area contributed by atoms with Gasteiger partial charge in [0.15, 0.2) is 28.8 Å². The Balaban J connectivity index is 1.67. The molecule has 0 aliphatic rings. The van der Waals surface area contributed by atoms with Gasteiger partial charge >= 0.3 is 0 Å². The van der Waals surface area contributed by atoms with E-state index in [0.717, 1.165) is 22.0 Å². The number of hydrogen-bond acceptors (Lipinski definition) is 7. The fraction of sp³-hybridized carbons (Fsp3) is 0.194. The van der Waals surface area contributed by atoms with Crippen molar-refractivity contribution < 1.29 is 28.5 Å². The van der Waals surface area contributed by atoms with Crippen LogP contribution in [0.25, 0.3) is 23.1 Å². The van der Waals surface area contributed by atoms with Gasteiger partial charge in [0.1, 0.15) is 0 Å². The molecule has 0 aliphatic carbocycles. The minimum Gasteiger partial charge on any atom is -0.493 e. The van der Waals surface area contributed by atoms with Crippen LogP contribution in [-0.4, -0.2) is 45.9 Å². The van der Waals surface area contributed by atoms with E-state index < -0.39 is 0 Å². The molecule has 3 aromatic carbocycles. The van der Waals surface area contributed by atoms with Crippen LogP contribution in [0.3, 0.4) is 0 Å². The van der Waals surface area contributed by atoms with E-state index in [1.165, 1.54) is 6.08 Å².